The number of benzene rings is 1. The minimum absolute atomic E-state index is 0.145. The first kappa shape index (κ1) is 14.3. The number of hydrogen-bond acceptors (Lipinski definition) is 3. The molecule has 0 N–H and O–H groups in total. The van der Waals surface area contributed by atoms with E-state index >= 15 is 0 Å². The van der Waals surface area contributed by atoms with Gasteiger partial charge in [0.1, 0.15) is 6.42 Å². The second-order valence-corrected chi connectivity index (χ2v) is 4.63. The maximum atomic E-state index is 13.8. The van der Waals surface area contributed by atoms with Gasteiger partial charge in [0.25, 0.3) is 0 Å². The molecule has 0 aliphatic carbocycles. The van der Waals surface area contributed by atoms with Gasteiger partial charge in [0.15, 0.2) is 11.6 Å². The number of nitrogens with zero attached hydrogens (tertiary/aromatic N) is 3. The van der Waals surface area contributed by atoms with Gasteiger partial charge in [-0.15, -0.1) is 0 Å². The lowest BCUT2D eigenvalue weighted by molar-refractivity contribution is -0.129. The van der Waals surface area contributed by atoms with Gasteiger partial charge in [-0.25, -0.2) is 8.78 Å². The first-order valence-corrected chi connectivity index (χ1v) is 6.47. The monoisotopic (exact) mass is 279 g/mol. The average molecular weight is 279 g/mol. The molecule has 1 heterocycles. The number of hydrogen-bond donors (Lipinski definition) is 0. The summed E-state index contributed by atoms with van der Waals surface area (Å²) in [5.74, 6) is -1.94. The highest BCUT2D eigenvalue weighted by atomic mass is 19.2. The molecule has 2 rings (SSSR count). The van der Waals surface area contributed by atoms with Crippen molar-refractivity contribution < 1.29 is 13.6 Å². The number of halogens is 2. The third-order valence-corrected chi connectivity index (χ3v) is 3.35. The molecule has 20 heavy (non-hydrogen) atoms. The van der Waals surface area contributed by atoms with E-state index in [4.69, 9.17) is 5.26 Å². The SMILES string of the molecule is N#CCC(=O)N1CCCN(c2cccc(F)c2F)CC1. The highest BCUT2D eigenvalue weighted by Crippen LogP contribution is 2.22. The molecule has 1 amide bonds. The first-order chi connectivity index (χ1) is 9.63. The van der Waals surface area contributed by atoms with Crippen molar-refractivity contribution in [3.05, 3.63) is 29.8 Å². The third-order valence-electron chi connectivity index (χ3n) is 3.35. The van der Waals surface area contributed by atoms with Crippen LogP contribution in [-0.4, -0.2) is 37.0 Å². The van der Waals surface area contributed by atoms with Gasteiger partial charge in [0.05, 0.1) is 11.8 Å². The van der Waals surface area contributed by atoms with Crippen molar-refractivity contribution in [3.63, 3.8) is 0 Å². The van der Waals surface area contributed by atoms with Crippen molar-refractivity contribution in [3.8, 4) is 6.07 Å². The normalized spacial score (nSPS) is 15.7. The molecule has 0 bridgehead atoms. The van der Waals surface area contributed by atoms with E-state index in [0.29, 0.717) is 32.6 Å². The molecule has 0 atom stereocenters. The van der Waals surface area contributed by atoms with E-state index in [0.717, 1.165) is 6.07 Å². The van der Waals surface area contributed by atoms with Crippen molar-refractivity contribution >= 4 is 11.6 Å². The zero-order chi connectivity index (χ0) is 14.5. The smallest absolute Gasteiger partial charge is 0.236 e. The number of amides is 1. The highest BCUT2D eigenvalue weighted by molar-refractivity contribution is 5.78. The van der Waals surface area contributed by atoms with Crippen LogP contribution in [0.5, 0.6) is 0 Å². The van der Waals surface area contributed by atoms with Crippen molar-refractivity contribution in [1.82, 2.24) is 4.90 Å². The van der Waals surface area contributed by atoms with Crippen LogP contribution in [-0.2, 0) is 4.79 Å². The first-order valence-electron chi connectivity index (χ1n) is 6.47. The van der Waals surface area contributed by atoms with Crippen LogP contribution in [0.3, 0.4) is 0 Å². The molecule has 106 valence electrons. The summed E-state index contributed by atoms with van der Waals surface area (Å²) in [6.07, 6.45) is 0.515. The standard InChI is InChI=1S/C14H15F2N3O/c15-11-3-1-4-12(14(11)16)18-7-2-8-19(10-9-18)13(20)5-6-17/h1,3-4H,2,5,7-10H2. The van der Waals surface area contributed by atoms with Crippen molar-refractivity contribution in [1.29, 1.82) is 5.26 Å². The Balaban J connectivity index is 2.08. The van der Waals surface area contributed by atoms with Crippen molar-refractivity contribution in [2.45, 2.75) is 12.8 Å². The van der Waals surface area contributed by atoms with Gasteiger partial charge in [-0.05, 0) is 18.6 Å². The van der Waals surface area contributed by atoms with Crippen LogP contribution >= 0.6 is 0 Å². The molecular formula is C14H15F2N3O. The molecule has 1 fully saturated rings. The highest BCUT2D eigenvalue weighted by Gasteiger charge is 2.21. The predicted octanol–water partition coefficient (Wildman–Crippen LogP) is 1.92. The Bertz CT molecular complexity index is 542. The summed E-state index contributed by atoms with van der Waals surface area (Å²) in [5, 5.41) is 8.54. The van der Waals surface area contributed by atoms with E-state index in [-0.39, 0.29) is 18.0 Å². The fourth-order valence-corrected chi connectivity index (χ4v) is 2.32. The zero-order valence-corrected chi connectivity index (χ0v) is 11.0. The van der Waals surface area contributed by atoms with E-state index in [9.17, 15) is 13.6 Å². The Kier molecular flexibility index (Phi) is 4.51. The number of anilines is 1. The van der Waals surface area contributed by atoms with Crippen LogP contribution < -0.4 is 4.90 Å². The summed E-state index contributed by atoms with van der Waals surface area (Å²) in [6.45, 7) is 1.93. The van der Waals surface area contributed by atoms with E-state index in [1.807, 2.05) is 6.07 Å². The van der Waals surface area contributed by atoms with Crippen LogP contribution in [0.1, 0.15) is 12.8 Å². The number of carbonyl (C=O) groups is 1. The summed E-state index contributed by atoms with van der Waals surface area (Å²) in [7, 11) is 0. The fourth-order valence-electron chi connectivity index (χ4n) is 2.32. The summed E-state index contributed by atoms with van der Waals surface area (Å²) in [6, 6.07) is 5.92. The van der Waals surface area contributed by atoms with E-state index in [2.05, 4.69) is 0 Å². The van der Waals surface area contributed by atoms with Crippen LogP contribution in [0.2, 0.25) is 0 Å². The molecule has 4 nitrogen and oxygen atoms in total. The predicted molar refractivity (Wildman–Crippen MR) is 70.0 cm³/mol. The number of carbonyl (C=O) groups excluding carboxylic acids is 1. The Hall–Kier alpha value is -2.16. The summed E-state index contributed by atoms with van der Waals surface area (Å²) >= 11 is 0. The maximum Gasteiger partial charge on any atom is 0.236 e. The Morgan fingerprint density at radius 3 is 2.80 bits per heavy atom. The zero-order valence-electron chi connectivity index (χ0n) is 11.0. The topological polar surface area (TPSA) is 47.3 Å². The number of rotatable bonds is 2. The number of nitriles is 1. The molecule has 0 unspecified atom stereocenters. The Labute approximate surface area is 116 Å². The lowest BCUT2D eigenvalue weighted by atomic mass is 10.2. The molecule has 1 saturated heterocycles. The van der Waals surface area contributed by atoms with Gasteiger partial charge >= 0.3 is 0 Å². The molecule has 0 spiro atoms. The molecule has 1 aromatic rings. The minimum atomic E-state index is -0.871. The minimum Gasteiger partial charge on any atom is -0.367 e. The summed E-state index contributed by atoms with van der Waals surface area (Å²) in [5.41, 5.74) is 0.222. The second-order valence-electron chi connectivity index (χ2n) is 4.63. The van der Waals surface area contributed by atoms with Crippen molar-refractivity contribution in [2.24, 2.45) is 0 Å². The molecular weight excluding hydrogens is 264 g/mol. The molecule has 1 aliphatic heterocycles. The molecule has 0 radical (unpaired) electrons. The summed E-state index contributed by atoms with van der Waals surface area (Å²) < 4.78 is 27.0. The molecule has 0 saturated carbocycles. The molecule has 1 aromatic carbocycles. The van der Waals surface area contributed by atoms with Gasteiger partial charge in [-0.2, -0.15) is 5.26 Å². The largest absolute Gasteiger partial charge is 0.367 e. The average Bonchev–Trinajstić information content (AvgIpc) is 2.68. The van der Waals surface area contributed by atoms with Gasteiger partial charge in [-0.3, -0.25) is 4.79 Å². The molecule has 1 aliphatic rings. The van der Waals surface area contributed by atoms with Gasteiger partial charge in [-0.1, -0.05) is 6.07 Å². The summed E-state index contributed by atoms with van der Waals surface area (Å²) in [4.78, 5) is 15.0. The lowest BCUT2D eigenvalue weighted by Gasteiger charge is -2.23. The van der Waals surface area contributed by atoms with E-state index in [1.165, 1.54) is 12.1 Å². The Morgan fingerprint density at radius 1 is 1.25 bits per heavy atom. The maximum absolute atomic E-state index is 13.8. The van der Waals surface area contributed by atoms with Crippen LogP contribution in [0.25, 0.3) is 0 Å². The Morgan fingerprint density at radius 2 is 2.05 bits per heavy atom. The van der Waals surface area contributed by atoms with Crippen LogP contribution in [0, 0.1) is 23.0 Å². The van der Waals surface area contributed by atoms with Gasteiger partial charge in [0, 0.05) is 26.2 Å². The van der Waals surface area contributed by atoms with Crippen molar-refractivity contribution in [2.75, 3.05) is 31.1 Å². The van der Waals surface area contributed by atoms with E-state index < -0.39 is 11.6 Å². The van der Waals surface area contributed by atoms with Crippen LogP contribution in [0.15, 0.2) is 18.2 Å². The van der Waals surface area contributed by atoms with Crippen LogP contribution in [0.4, 0.5) is 14.5 Å². The second kappa shape index (κ2) is 6.33. The van der Waals surface area contributed by atoms with Gasteiger partial charge in [0.2, 0.25) is 5.91 Å². The molecule has 6 heteroatoms. The quantitative estimate of drug-likeness (QED) is 0.831. The fraction of sp³-hybridized carbons (Fsp3) is 0.429. The lowest BCUT2D eigenvalue weighted by Crippen LogP contribution is -2.35. The van der Waals surface area contributed by atoms with Gasteiger partial charge < -0.3 is 9.80 Å². The molecule has 0 aromatic heterocycles. The van der Waals surface area contributed by atoms with E-state index in [1.54, 1.807) is 9.80 Å². The third kappa shape index (κ3) is 3.05.